The third kappa shape index (κ3) is 2.21. The molecule has 0 saturated heterocycles. The van der Waals surface area contributed by atoms with Gasteiger partial charge in [0, 0.05) is 12.1 Å². The molecule has 0 amide bonds. The lowest BCUT2D eigenvalue weighted by molar-refractivity contribution is 0.101. The molecular weight excluding hydrogens is 292 g/mol. The fraction of sp³-hybridized carbons (Fsp3) is 0. The second-order valence-electron chi connectivity index (χ2n) is 5.38. The average Bonchev–Trinajstić information content (AvgIpc) is 2.83. The van der Waals surface area contributed by atoms with Crippen molar-refractivity contribution in [1.29, 1.82) is 0 Å². The number of rotatable bonds is 1. The predicted molar refractivity (Wildman–Crippen MR) is 86.7 cm³/mol. The van der Waals surface area contributed by atoms with Gasteiger partial charge in [0.15, 0.2) is 5.76 Å². The van der Waals surface area contributed by atoms with E-state index in [1.54, 1.807) is 6.08 Å². The molecule has 0 aliphatic carbocycles. The third-order valence-electron chi connectivity index (χ3n) is 3.81. The van der Waals surface area contributed by atoms with Crippen molar-refractivity contribution in [1.82, 2.24) is 0 Å². The number of carbonyl (C=O) groups is 1. The van der Waals surface area contributed by atoms with Gasteiger partial charge in [-0.05, 0) is 28.5 Å². The Morgan fingerprint density at radius 3 is 2.52 bits per heavy atom. The standard InChI is InChI=1S/C19H12O4/c20-14-9-15(21)18-16(10-14)23-17(19(18)22)8-11-5-6-12-3-1-2-4-13(12)7-11/h1-10,20-21H/b17-8-. The van der Waals surface area contributed by atoms with Crippen LogP contribution in [0.3, 0.4) is 0 Å². The first-order valence-corrected chi connectivity index (χ1v) is 7.11. The van der Waals surface area contributed by atoms with Gasteiger partial charge in [0.2, 0.25) is 5.78 Å². The number of ketones is 1. The van der Waals surface area contributed by atoms with E-state index in [9.17, 15) is 15.0 Å². The summed E-state index contributed by atoms with van der Waals surface area (Å²) in [6.45, 7) is 0. The highest BCUT2D eigenvalue weighted by Crippen LogP contribution is 2.40. The molecule has 0 atom stereocenters. The predicted octanol–water partition coefficient (Wildman–Crippen LogP) is 3.87. The van der Waals surface area contributed by atoms with Crippen LogP contribution in [-0.2, 0) is 0 Å². The second-order valence-corrected chi connectivity index (χ2v) is 5.38. The summed E-state index contributed by atoms with van der Waals surface area (Å²) in [6.07, 6.45) is 1.63. The van der Waals surface area contributed by atoms with Crippen molar-refractivity contribution in [2.24, 2.45) is 0 Å². The van der Waals surface area contributed by atoms with E-state index in [4.69, 9.17) is 4.74 Å². The van der Waals surface area contributed by atoms with E-state index in [2.05, 4.69) is 0 Å². The summed E-state index contributed by atoms with van der Waals surface area (Å²) in [4.78, 5) is 12.4. The zero-order valence-electron chi connectivity index (χ0n) is 12.0. The first-order valence-electron chi connectivity index (χ1n) is 7.11. The van der Waals surface area contributed by atoms with Crippen molar-refractivity contribution in [3.8, 4) is 17.2 Å². The lowest BCUT2D eigenvalue weighted by Gasteiger charge is -2.01. The number of hydrogen-bond acceptors (Lipinski definition) is 4. The zero-order valence-corrected chi connectivity index (χ0v) is 12.0. The number of hydrogen-bond donors (Lipinski definition) is 2. The molecule has 0 bridgehead atoms. The number of phenolic OH excluding ortho intramolecular Hbond substituents is 2. The Kier molecular flexibility index (Phi) is 2.84. The Labute approximate surface area is 131 Å². The van der Waals surface area contributed by atoms with Crippen LogP contribution in [0.25, 0.3) is 16.8 Å². The molecule has 4 rings (SSSR count). The molecule has 0 spiro atoms. The third-order valence-corrected chi connectivity index (χ3v) is 3.81. The maximum atomic E-state index is 12.4. The van der Waals surface area contributed by atoms with Crippen molar-refractivity contribution < 1.29 is 19.7 Å². The maximum absolute atomic E-state index is 12.4. The number of Topliss-reactive ketones (excluding diaryl/α,β-unsaturated/α-hetero) is 1. The van der Waals surface area contributed by atoms with Crippen molar-refractivity contribution in [2.75, 3.05) is 0 Å². The Morgan fingerprint density at radius 2 is 1.70 bits per heavy atom. The number of carbonyl (C=O) groups excluding carboxylic acids is 1. The average molecular weight is 304 g/mol. The quantitative estimate of drug-likeness (QED) is 0.670. The highest BCUT2D eigenvalue weighted by atomic mass is 16.5. The van der Waals surface area contributed by atoms with Gasteiger partial charge in [-0.1, -0.05) is 36.4 Å². The molecule has 0 unspecified atom stereocenters. The smallest absolute Gasteiger partial charge is 0.235 e. The number of benzene rings is 3. The van der Waals surface area contributed by atoms with Gasteiger partial charge in [-0.25, -0.2) is 0 Å². The molecule has 0 radical (unpaired) electrons. The highest BCUT2D eigenvalue weighted by molar-refractivity contribution is 6.16. The minimum absolute atomic E-state index is 0.0786. The van der Waals surface area contributed by atoms with E-state index in [0.29, 0.717) is 0 Å². The van der Waals surface area contributed by atoms with Gasteiger partial charge in [0.25, 0.3) is 0 Å². The van der Waals surface area contributed by atoms with Gasteiger partial charge in [-0.15, -0.1) is 0 Å². The van der Waals surface area contributed by atoms with Crippen LogP contribution in [0.2, 0.25) is 0 Å². The van der Waals surface area contributed by atoms with Gasteiger partial charge < -0.3 is 14.9 Å². The minimum atomic E-state index is -0.398. The molecule has 0 fully saturated rings. The van der Waals surface area contributed by atoms with Gasteiger partial charge in [0.1, 0.15) is 22.8 Å². The monoisotopic (exact) mass is 304 g/mol. The first kappa shape index (κ1) is 13.4. The Bertz CT molecular complexity index is 986. The van der Waals surface area contributed by atoms with Gasteiger partial charge in [0.05, 0.1) is 0 Å². The van der Waals surface area contributed by atoms with Crippen molar-refractivity contribution in [2.45, 2.75) is 0 Å². The van der Waals surface area contributed by atoms with Gasteiger partial charge in [-0.2, -0.15) is 0 Å². The topological polar surface area (TPSA) is 66.8 Å². The fourth-order valence-corrected chi connectivity index (χ4v) is 2.73. The van der Waals surface area contributed by atoms with Crippen LogP contribution in [-0.4, -0.2) is 16.0 Å². The summed E-state index contributed by atoms with van der Waals surface area (Å²) in [6, 6.07) is 16.2. The summed E-state index contributed by atoms with van der Waals surface area (Å²) in [5.74, 6) is -0.547. The van der Waals surface area contributed by atoms with E-state index < -0.39 is 5.78 Å². The van der Waals surface area contributed by atoms with Crippen LogP contribution in [0, 0.1) is 0 Å². The van der Waals surface area contributed by atoms with Crippen LogP contribution in [0.4, 0.5) is 0 Å². The largest absolute Gasteiger partial charge is 0.508 e. The summed E-state index contributed by atoms with van der Waals surface area (Å²) in [7, 11) is 0. The molecule has 3 aromatic carbocycles. The molecule has 23 heavy (non-hydrogen) atoms. The number of ether oxygens (including phenoxy) is 1. The van der Waals surface area contributed by atoms with Gasteiger partial charge >= 0.3 is 0 Å². The summed E-state index contributed by atoms with van der Waals surface area (Å²) in [5.41, 5.74) is 0.901. The number of fused-ring (bicyclic) bond motifs is 2. The van der Waals surface area contributed by atoms with Crippen molar-refractivity contribution >= 4 is 22.6 Å². The molecular formula is C19H12O4. The van der Waals surface area contributed by atoms with Crippen LogP contribution in [0.5, 0.6) is 17.2 Å². The minimum Gasteiger partial charge on any atom is -0.508 e. The van der Waals surface area contributed by atoms with Crippen molar-refractivity contribution in [3.63, 3.8) is 0 Å². The lowest BCUT2D eigenvalue weighted by Crippen LogP contribution is -1.98. The molecule has 4 heteroatoms. The molecule has 4 nitrogen and oxygen atoms in total. The van der Waals surface area contributed by atoms with Crippen LogP contribution in [0.15, 0.2) is 60.4 Å². The fourth-order valence-electron chi connectivity index (χ4n) is 2.73. The highest BCUT2D eigenvalue weighted by Gasteiger charge is 2.31. The van der Waals surface area contributed by atoms with Crippen LogP contribution >= 0.6 is 0 Å². The van der Waals surface area contributed by atoms with Crippen LogP contribution < -0.4 is 4.74 Å². The molecule has 2 N–H and O–H groups in total. The normalized spacial score (nSPS) is 15.0. The SMILES string of the molecule is O=C1/C(=C/c2ccc3ccccc3c2)Oc2cc(O)cc(O)c21. The van der Waals surface area contributed by atoms with Crippen LogP contribution in [0.1, 0.15) is 15.9 Å². The Morgan fingerprint density at radius 1 is 0.913 bits per heavy atom. The molecule has 1 aliphatic rings. The summed E-state index contributed by atoms with van der Waals surface area (Å²) in [5, 5.41) is 21.5. The molecule has 3 aromatic rings. The number of allylic oxidation sites excluding steroid dienone is 1. The maximum Gasteiger partial charge on any atom is 0.235 e. The van der Waals surface area contributed by atoms with E-state index >= 15 is 0 Å². The Hall–Kier alpha value is -3.27. The molecule has 1 aliphatic heterocycles. The zero-order chi connectivity index (χ0) is 16.0. The number of aromatic hydroxyl groups is 2. The molecule has 0 aromatic heterocycles. The van der Waals surface area contributed by atoms with Gasteiger partial charge in [-0.3, -0.25) is 4.79 Å². The van der Waals surface area contributed by atoms with E-state index in [0.717, 1.165) is 22.4 Å². The van der Waals surface area contributed by atoms with E-state index in [-0.39, 0.29) is 28.6 Å². The van der Waals surface area contributed by atoms with E-state index in [1.165, 1.54) is 6.07 Å². The molecule has 1 heterocycles. The number of phenols is 2. The summed E-state index contributed by atoms with van der Waals surface area (Å²) < 4.78 is 5.49. The molecule has 112 valence electrons. The Balaban J connectivity index is 1.77. The molecule has 0 saturated carbocycles. The first-order chi connectivity index (χ1) is 11.1. The lowest BCUT2D eigenvalue weighted by atomic mass is 10.0. The van der Waals surface area contributed by atoms with Crippen molar-refractivity contribution in [3.05, 3.63) is 71.5 Å². The second kappa shape index (κ2) is 4.88. The van der Waals surface area contributed by atoms with E-state index in [1.807, 2.05) is 42.5 Å². The summed E-state index contributed by atoms with van der Waals surface area (Å²) >= 11 is 0.